The summed E-state index contributed by atoms with van der Waals surface area (Å²) in [6, 6.07) is 14.2. The average Bonchev–Trinajstić information content (AvgIpc) is 2.96. The lowest BCUT2D eigenvalue weighted by atomic mass is 10.2. The first-order valence-corrected chi connectivity index (χ1v) is 9.31. The molecule has 2 aromatic carbocycles. The van der Waals surface area contributed by atoms with Gasteiger partial charge in [-0.25, -0.2) is 4.39 Å². The zero-order valence-corrected chi connectivity index (χ0v) is 16.2. The van der Waals surface area contributed by atoms with Crippen LogP contribution in [0.2, 0.25) is 0 Å². The monoisotopic (exact) mass is 391 g/mol. The topological polar surface area (TPSA) is 43.5 Å². The number of quaternary nitrogens is 1. The van der Waals surface area contributed by atoms with E-state index >= 15 is 0 Å². The third kappa shape index (κ3) is 4.87. The van der Waals surface area contributed by atoms with E-state index in [-0.39, 0.29) is 5.82 Å². The first-order valence-electron chi connectivity index (χ1n) is 8.08. The molecule has 0 fully saturated rings. The standard InChI is InChI=1S/C18H19FN4OS2/c1-22(11-13-3-5-14(19)6-4-13)12-23-18(25)26-17(21-23)20-15-7-9-16(24-2)10-8-15/h3-10H,11-12H2,1-2H3,(H,20,21)/p+1. The summed E-state index contributed by atoms with van der Waals surface area (Å²) in [6.07, 6.45) is 0. The molecule has 136 valence electrons. The van der Waals surface area contributed by atoms with Crippen LogP contribution in [-0.4, -0.2) is 23.9 Å². The van der Waals surface area contributed by atoms with Crippen LogP contribution in [0.25, 0.3) is 0 Å². The van der Waals surface area contributed by atoms with Crippen molar-refractivity contribution in [2.24, 2.45) is 0 Å². The zero-order valence-electron chi connectivity index (χ0n) is 14.5. The van der Waals surface area contributed by atoms with Crippen LogP contribution >= 0.6 is 23.6 Å². The average molecular weight is 392 g/mol. The second-order valence-corrected chi connectivity index (χ2v) is 7.57. The number of ether oxygens (including phenoxy) is 1. The fraction of sp³-hybridized carbons (Fsp3) is 0.222. The van der Waals surface area contributed by atoms with Crippen molar-refractivity contribution in [1.82, 2.24) is 9.78 Å². The van der Waals surface area contributed by atoms with Crippen LogP contribution in [0.1, 0.15) is 5.56 Å². The molecule has 0 amide bonds. The summed E-state index contributed by atoms with van der Waals surface area (Å²) in [5.74, 6) is 0.585. The van der Waals surface area contributed by atoms with Crippen molar-refractivity contribution < 1.29 is 14.0 Å². The van der Waals surface area contributed by atoms with E-state index in [1.165, 1.54) is 28.4 Å². The van der Waals surface area contributed by atoms with Gasteiger partial charge in [-0.15, -0.1) is 5.10 Å². The van der Waals surface area contributed by atoms with Gasteiger partial charge in [-0.1, -0.05) is 23.5 Å². The van der Waals surface area contributed by atoms with E-state index in [1.807, 2.05) is 28.9 Å². The molecule has 1 atom stereocenters. The second-order valence-electron chi connectivity index (χ2n) is 5.94. The molecule has 0 bridgehead atoms. The van der Waals surface area contributed by atoms with E-state index in [4.69, 9.17) is 17.0 Å². The zero-order chi connectivity index (χ0) is 18.5. The molecule has 0 spiro atoms. The number of rotatable bonds is 7. The quantitative estimate of drug-likeness (QED) is 0.607. The van der Waals surface area contributed by atoms with Gasteiger partial charge in [-0.3, -0.25) is 0 Å². The highest BCUT2D eigenvalue weighted by Crippen LogP contribution is 2.22. The van der Waals surface area contributed by atoms with Crippen LogP contribution in [0.4, 0.5) is 15.2 Å². The van der Waals surface area contributed by atoms with Crippen molar-refractivity contribution in [3.8, 4) is 5.75 Å². The van der Waals surface area contributed by atoms with Crippen LogP contribution in [0.3, 0.4) is 0 Å². The SMILES string of the molecule is COc1ccc(Nc2nn(C[NH+](C)Cc3ccc(F)cc3)c(=S)s2)cc1. The Labute approximate surface area is 160 Å². The molecular weight excluding hydrogens is 371 g/mol. The summed E-state index contributed by atoms with van der Waals surface area (Å²) in [7, 11) is 3.70. The van der Waals surface area contributed by atoms with Crippen LogP contribution in [0, 0.1) is 9.77 Å². The summed E-state index contributed by atoms with van der Waals surface area (Å²) in [5, 5.41) is 8.56. The van der Waals surface area contributed by atoms with Crippen molar-refractivity contribution in [2.75, 3.05) is 19.5 Å². The molecule has 26 heavy (non-hydrogen) atoms. The molecule has 0 radical (unpaired) electrons. The van der Waals surface area contributed by atoms with Gasteiger partial charge in [0.25, 0.3) is 0 Å². The van der Waals surface area contributed by atoms with Crippen molar-refractivity contribution in [3.05, 3.63) is 63.9 Å². The summed E-state index contributed by atoms with van der Waals surface area (Å²) in [5.41, 5.74) is 2.00. The molecule has 1 heterocycles. The van der Waals surface area contributed by atoms with Gasteiger partial charge in [-0.2, -0.15) is 4.68 Å². The molecule has 5 nitrogen and oxygen atoms in total. The lowest BCUT2D eigenvalue weighted by molar-refractivity contribution is -0.917. The lowest BCUT2D eigenvalue weighted by Gasteiger charge is -2.13. The van der Waals surface area contributed by atoms with Crippen molar-refractivity contribution in [1.29, 1.82) is 0 Å². The molecule has 0 saturated carbocycles. The van der Waals surface area contributed by atoms with Crippen molar-refractivity contribution in [2.45, 2.75) is 13.2 Å². The number of anilines is 2. The number of benzene rings is 2. The van der Waals surface area contributed by atoms with Crippen LogP contribution in [-0.2, 0) is 13.2 Å². The van der Waals surface area contributed by atoms with Crippen molar-refractivity contribution in [3.63, 3.8) is 0 Å². The Kier molecular flexibility index (Phi) is 5.97. The Balaban J connectivity index is 1.63. The van der Waals surface area contributed by atoms with Gasteiger partial charge in [-0.05, 0) is 48.6 Å². The largest absolute Gasteiger partial charge is 0.497 e. The van der Waals surface area contributed by atoms with E-state index in [2.05, 4.69) is 17.5 Å². The Morgan fingerprint density at radius 1 is 1.19 bits per heavy atom. The van der Waals surface area contributed by atoms with E-state index < -0.39 is 0 Å². The highest BCUT2D eigenvalue weighted by Gasteiger charge is 2.10. The van der Waals surface area contributed by atoms with E-state index in [1.54, 1.807) is 19.2 Å². The highest BCUT2D eigenvalue weighted by atomic mass is 32.1. The number of methoxy groups -OCH3 is 1. The van der Waals surface area contributed by atoms with Gasteiger partial charge in [0.2, 0.25) is 5.13 Å². The Morgan fingerprint density at radius 2 is 1.88 bits per heavy atom. The fourth-order valence-corrected chi connectivity index (χ4v) is 3.54. The molecule has 1 aromatic heterocycles. The summed E-state index contributed by atoms with van der Waals surface area (Å²) in [4.78, 5) is 1.20. The maximum Gasteiger partial charge on any atom is 0.209 e. The number of hydrogen-bond donors (Lipinski definition) is 2. The first-order chi connectivity index (χ1) is 12.5. The molecule has 0 saturated heterocycles. The molecule has 3 aromatic rings. The number of nitrogens with zero attached hydrogens (tertiary/aromatic N) is 2. The molecule has 0 aliphatic carbocycles. The van der Waals surface area contributed by atoms with Gasteiger partial charge in [0.05, 0.1) is 14.2 Å². The normalized spacial score (nSPS) is 12.0. The Morgan fingerprint density at radius 3 is 2.54 bits per heavy atom. The molecular formula is C18H20FN4OS2+. The molecule has 0 aliphatic heterocycles. The van der Waals surface area contributed by atoms with Gasteiger partial charge in [0, 0.05) is 11.3 Å². The second kappa shape index (κ2) is 8.39. The van der Waals surface area contributed by atoms with Gasteiger partial charge in [0.1, 0.15) is 18.1 Å². The van der Waals surface area contributed by atoms with Gasteiger partial charge >= 0.3 is 0 Å². The predicted molar refractivity (Wildman–Crippen MR) is 104 cm³/mol. The van der Waals surface area contributed by atoms with Crippen LogP contribution in [0.5, 0.6) is 5.75 Å². The minimum absolute atomic E-state index is 0.220. The number of nitrogens with one attached hydrogen (secondary N) is 2. The van der Waals surface area contributed by atoms with E-state index in [0.29, 0.717) is 10.6 Å². The fourth-order valence-electron chi connectivity index (χ4n) is 2.52. The smallest absolute Gasteiger partial charge is 0.209 e. The molecule has 1 unspecified atom stereocenters. The third-order valence-corrected chi connectivity index (χ3v) is 5.01. The minimum Gasteiger partial charge on any atom is -0.497 e. The van der Waals surface area contributed by atoms with Gasteiger partial charge < -0.3 is 15.0 Å². The Hall–Kier alpha value is -2.29. The van der Waals surface area contributed by atoms with Gasteiger partial charge in [0.15, 0.2) is 10.6 Å². The Bertz CT molecular complexity index is 906. The molecule has 2 N–H and O–H groups in total. The minimum atomic E-state index is -0.220. The number of halogens is 1. The molecule has 0 aliphatic rings. The maximum absolute atomic E-state index is 13.0. The first kappa shape index (κ1) is 18.5. The molecule has 8 heteroatoms. The number of aromatic nitrogens is 2. The summed E-state index contributed by atoms with van der Waals surface area (Å²) >= 11 is 6.86. The predicted octanol–water partition coefficient (Wildman–Crippen LogP) is 3.24. The summed E-state index contributed by atoms with van der Waals surface area (Å²) in [6.45, 7) is 1.40. The van der Waals surface area contributed by atoms with E-state index in [9.17, 15) is 4.39 Å². The molecule has 3 rings (SSSR count). The lowest BCUT2D eigenvalue weighted by Crippen LogP contribution is -3.07. The summed E-state index contributed by atoms with van der Waals surface area (Å²) < 4.78 is 20.7. The third-order valence-electron chi connectivity index (χ3n) is 3.79. The number of hydrogen-bond acceptors (Lipinski definition) is 5. The van der Waals surface area contributed by atoms with Crippen LogP contribution in [0.15, 0.2) is 48.5 Å². The van der Waals surface area contributed by atoms with Crippen molar-refractivity contribution >= 4 is 34.4 Å². The maximum atomic E-state index is 13.0. The van der Waals surface area contributed by atoms with Crippen LogP contribution < -0.4 is 15.0 Å². The highest BCUT2D eigenvalue weighted by molar-refractivity contribution is 7.73. The van der Waals surface area contributed by atoms with E-state index in [0.717, 1.165) is 28.7 Å².